The molecule has 3 aromatic rings. The summed E-state index contributed by atoms with van der Waals surface area (Å²) < 4.78 is 16.1. The van der Waals surface area contributed by atoms with Crippen LogP contribution in [0.15, 0.2) is 49.4 Å². The zero-order chi connectivity index (χ0) is 19.0. The highest BCUT2D eigenvalue weighted by Crippen LogP contribution is 2.35. The summed E-state index contributed by atoms with van der Waals surface area (Å²) in [6.07, 6.45) is 4.48. The molecule has 0 N–H and O–H groups in total. The van der Waals surface area contributed by atoms with Crippen molar-refractivity contribution in [1.29, 1.82) is 0 Å². The van der Waals surface area contributed by atoms with E-state index in [1.54, 1.807) is 33.7 Å². The number of anilines is 1. The number of carbonyl (C=O) groups is 1. The third kappa shape index (κ3) is 3.04. The molecular formula is C19H17ClFN5O. The highest BCUT2D eigenvalue weighted by atomic mass is 35.5. The molecule has 1 aliphatic rings. The standard InChI is InChI=1S/C19H17ClFN5O/c1-2-16(27)24-7-9-25(10-8-24)19-23-12-22-18-17(14(20)11-26(18)19)13-5-3-4-6-15(13)21/h2-6,11-12H,1,7-10H2. The van der Waals surface area contributed by atoms with Gasteiger partial charge in [-0.2, -0.15) is 0 Å². The molecule has 27 heavy (non-hydrogen) atoms. The van der Waals surface area contributed by atoms with Crippen molar-refractivity contribution in [2.45, 2.75) is 0 Å². The van der Waals surface area contributed by atoms with Gasteiger partial charge in [-0.3, -0.25) is 9.20 Å². The first-order valence-electron chi connectivity index (χ1n) is 8.53. The molecule has 0 atom stereocenters. The fraction of sp³-hybridized carbons (Fsp3) is 0.211. The van der Waals surface area contributed by atoms with E-state index in [0.717, 1.165) is 0 Å². The van der Waals surface area contributed by atoms with Gasteiger partial charge in [-0.1, -0.05) is 36.4 Å². The van der Waals surface area contributed by atoms with E-state index in [9.17, 15) is 9.18 Å². The van der Waals surface area contributed by atoms with Crippen LogP contribution >= 0.6 is 11.6 Å². The summed E-state index contributed by atoms with van der Waals surface area (Å²) in [5.41, 5.74) is 1.48. The lowest BCUT2D eigenvalue weighted by atomic mass is 10.1. The minimum Gasteiger partial charge on any atom is -0.338 e. The number of halogens is 2. The predicted octanol–water partition coefficient (Wildman–Crippen LogP) is 3.02. The van der Waals surface area contributed by atoms with E-state index in [2.05, 4.69) is 21.4 Å². The molecule has 1 aromatic carbocycles. The van der Waals surface area contributed by atoms with E-state index in [0.29, 0.717) is 53.9 Å². The molecule has 1 fully saturated rings. The van der Waals surface area contributed by atoms with E-state index in [1.165, 1.54) is 18.5 Å². The minimum atomic E-state index is -0.357. The van der Waals surface area contributed by atoms with Crippen molar-refractivity contribution in [2.75, 3.05) is 31.1 Å². The summed E-state index contributed by atoms with van der Waals surface area (Å²) in [6, 6.07) is 6.47. The van der Waals surface area contributed by atoms with Crippen molar-refractivity contribution in [2.24, 2.45) is 0 Å². The average molecular weight is 386 g/mol. The molecular weight excluding hydrogens is 369 g/mol. The second-order valence-corrected chi connectivity index (χ2v) is 6.62. The second-order valence-electron chi connectivity index (χ2n) is 6.22. The fourth-order valence-electron chi connectivity index (χ4n) is 3.35. The molecule has 6 nitrogen and oxygen atoms in total. The van der Waals surface area contributed by atoms with E-state index >= 15 is 0 Å². The topological polar surface area (TPSA) is 53.7 Å². The minimum absolute atomic E-state index is 0.0756. The lowest BCUT2D eigenvalue weighted by Gasteiger charge is -2.34. The average Bonchev–Trinajstić information content (AvgIpc) is 3.03. The van der Waals surface area contributed by atoms with Crippen LogP contribution in [0.25, 0.3) is 16.8 Å². The van der Waals surface area contributed by atoms with Crippen molar-refractivity contribution < 1.29 is 9.18 Å². The molecule has 0 bridgehead atoms. The summed E-state index contributed by atoms with van der Waals surface area (Å²) in [7, 11) is 0. The molecule has 0 aliphatic carbocycles. The van der Waals surface area contributed by atoms with Crippen LogP contribution < -0.4 is 4.90 Å². The van der Waals surface area contributed by atoms with Gasteiger partial charge in [0, 0.05) is 43.5 Å². The van der Waals surface area contributed by atoms with Crippen molar-refractivity contribution in [3.05, 3.63) is 60.3 Å². The fourth-order valence-corrected chi connectivity index (χ4v) is 3.63. The predicted molar refractivity (Wildman–Crippen MR) is 102 cm³/mol. The molecule has 0 saturated carbocycles. The van der Waals surface area contributed by atoms with Crippen LogP contribution in [-0.2, 0) is 4.79 Å². The van der Waals surface area contributed by atoms with E-state index in [4.69, 9.17) is 11.6 Å². The molecule has 8 heteroatoms. The van der Waals surface area contributed by atoms with Crippen LogP contribution in [-0.4, -0.2) is 51.4 Å². The van der Waals surface area contributed by atoms with Gasteiger partial charge in [0.2, 0.25) is 11.9 Å². The maximum atomic E-state index is 14.3. The van der Waals surface area contributed by atoms with Crippen molar-refractivity contribution in [3.8, 4) is 11.1 Å². The number of carbonyl (C=O) groups excluding carboxylic acids is 1. The summed E-state index contributed by atoms with van der Waals surface area (Å²) in [4.78, 5) is 24.3. The Hall–Kier alpha value is -2.93. The number of amides is 1. The van der Waals surface area contributed by atoms with Gasteiger partial charge in [0.15, 0.2) is 5.65 Å². The van der Waals surface area contributed by atoms with Crippen LogP contribution in [0.1, 0.15) is 0 Å². The summed E-state index contributed by atoms with van der Waals surface area (Å²) in [5.74, 6) is 0.229. The first-order valence-corrected chi connectivity index (χ1v) is 8.90. The van der Waals surface area contributed by atoms with Crippen molar-refractivity contribution in [3.63, 3.8) is 0 Å². The van der Waals surface area contributed by atoms with E-state index in [1.807, 2.05) is 0 Å². The molecule has 1 amide bonds. The summed E-state index contributed by atoms with van der Waals surface area (Å²) in [6.45, 7) is 5.92. The maximum absolute atomic E-state index is 14.3. The van der Waals surface area contributed by atoms with Crippen LogP contribution in [0.2, 0.25) is 5.02 Å². The Morgan fingerprint density at radius 2 is 1.93 bits per heavy atom. The molecule has 3 heterocycles. The Labute approximate surface area is 160 Å². The van der Waals surface area contributed by atoms with Crippen molar-refractivity contribution >= 4 is 29.1 Å². The molecule has 138 valence electrons. The van der Waals surface area contributed by atoms with Gasteiger partial charge in [-0.25, -0.2) is 14.4 Å². The second kappa shape index (κ2) is 7.00. The van der Waals surface area contributed by atoms with E-state index in [-0.39, 0.29) is 11.7 Å². The van der Waals surface area contributed by atoms with Crippen LogP contribution in [0, 0.1) is 5.82 Å². The summed E-state index contributed by atoms with van der Waals surface area (Å²) >= 11 is 6.43. The number of hydrogen-bond donors (Lipinski definition) is 0. The lowest BCUT2D eigenvalue weighted by Crippen LogP contribution is -2.49. The van der Waals surface area contributed by atoms with Crippen LogP contribution in [0.4, 0.5) is 10.3 Å². The van der Waals surface area contributed by atoms with Gasteiger partial charge >= 0.3 is 0 Å². The number of benzene rings is 1. The third-order valence-electron chi connectivity index (χ3n) is 4.69. The molecule has 1 saturated heterocycles. The smallest absolute Gasteiger partial charge is 0.246 e. The first kappa shape index (κ1) is 17.5. The number of piperazine rings is 1. The maximum Gasteiger partial charge on any atom is 0.246 e. The Morgan fingerprint density at radius 3 is 2.63 bits per heavy atom. The SMILES string of the molecule is C=CC(=O)N1CCN(c2ncnc3c(-c4ccccc4F)c(Cl)cn23)CC1. The largest absolute Gasteiger partial charge is 0.338 e. The Kier molecular flexibility index (Phi) is 4.53. The van der Waals surface area contributed by atoms with E-state index < -0.39 is 0 Å². The number of nitrogens with zero attached hydrogens (tertiary/aromatic N) is 5. The number of hydrogen-bond acceptors (Lipinski definition) is 4. The molecule has 0 radical (unpaired) electrons. The molecule has 2 aromatic heterocycles. The lowest BCUT2D eigenvalue weighted by molar-refractivity contribution is -0.126. The number of fused-ring (bicyclic) bond motifs is 1. The summed E-state index contributed by atoms with van der Waals surface area (Å²) in [5, 5.41) is 0.405. The molecule has 4 rings (SSSR count). The third-order valence-corrected chi connectivity index (χ3v) is 4.98. The van der Waals surface area contributed by atoms with Gasteiger partial charge in [0.25, 0.3) is 0 Å². The highest BCUT2D eigenvalue weighted by Gasteiger charge is 2.24. The zero-order valence-electron chi connectivity index (χ0n) is 14.5. The van der Waals surface area contributed by atoms with Gasteiger partial charge < -0.3 is 9.80 Å². The van der Waals surface area contributed by atoms with Crippen LogP contribution in [0.5, 0.6) is 0 Å². The number of aromatic nitrogens is 3. The van der Waals surface area contributed by atoms with Gasteiger partial charge in [0.1, 0.15) is 12.1 Å². The highest BCUT2D eigenvalue weighted by molar-refractivity contribution is 6.34. The van der Waals surface area contributed by atoms with Crippen LogP contribution in [0.3, 0.4) is 0 Å². The quantitative estimate of drug-likeness (QED) is 0.650. The molecule has 0 unspecified atom stereocenters. The zero-order valence-corrected chi connectivity index (χ0v) is 15.2. The Bertz CT molecular complexity index is 1030. The molecule has 0 spiro atoms. The van der Waals surface area contributed by atoms with Crippen molar-refractivity contribution in [1.82, 2.24) is 19.3 Å². The number of rotatable bonds is 3. The Morgan fingerprint density at radius 1 is 1.19 bits per heavy atom. The van der Waals surface area contributed by atoms with Gasteiger partial charge in [-0.15, -0.1) is 0 Å². The Balaban J connectivity index is 1.73. The normalized spacial score (nSPS) is 14.6. The van der Waals surface area contributed by atoms with Gasteiger partial charge in [-0.05, 0) is 12.1 Å². The van der Waals surface area contributed by atoms with Gasteiger partial charge in [0.05, 0.1) is 5.02 Å². The monoisotopic (exact) mass is 385 g/mol. The molecule has 1 aliphatic heterocycles. The first-order chi connectivity index (χ1) is 13.1.